The second-order valence-corrected chi connectivity index (χ2v) is 6.32. The topological polar surface area (TPSA) is 76.4 Å². The highest BCUT2D eigenvalue weighted by atomic mass is 16.2. The lowest BCUT2D eigenvalue weighted by Gasteiger charge is -2.34. The fourth-order valence-electron chi connectivity index (χ4n) is 3.18. The molecule has 0 radical (unpaired) electrons. The van der Waals surface area contributed by atoms with Crippen molar-refractivity contribution in [3.8, 4) is 6.07 Å². The van der Waals surface area contributed by atoms with Crippen molar-refractivity contribution in [1.82, 2.24) is 15.1 Å². The van der Waals surface area contributed by atoms with E-state index in [1.807, 2.05) is 6.07 Å². The van der Waals surface area contributed by atoms with Crippen LogP contribution in [0.1, 0.15) is 45.4 Å². The van der Waals surface area contributed by atoms with Crippen molar-refractivity contribution < 1.29 is 9.59 Å². The number of nitrogens with zero attached hydrogens (tertiary/aromatic N) is 3. The average Bonchev–Trinajstić information content (AvgIpc) is 2.84. The molecule has 23 heavy (non-hydrogen) atoms. The molecule has 2 aliphatic rings. The number of hydrogen-bond acceptors (Lipinski definition) is 4. The van der Waals surface area contributed by atoms with E-state index in [-0.39, 0.29) is 17.4 Å². The highest BCUT2D eigenvalue weighted by molar-refractivity contribution is 5.97. The van der Waals surface area contributed by atoms with Crippen LogP contribution in [0.2, 0.25) is 0 Å². The van der Waals surface area contributed by atoms with Gasteiger partial charge in [0.15, 0.2) is 0 Å². The van der Waals surface area contributed by atoms with E-state index in [0.29, 0.717) is 32.2 Å². The van der Waals surface area contributed by atoms with Crippen molar-refractivity contribution >= 4 is 11.8 Å². The van der Waals surface area contributed by atoms with E-state index in [9.17, 15) is 14.9 Å². The number of nitriles is 1. The number of nitrogens with one attached hydrogen (secondary N) is 1. The van der Waals surface area contributed by atoms with Crippen LogP contribution in [0, 0.1) is 11.3 Å². The van der Waals surface area contributed by atoms with Crippen molar-refractivity contribution in [1.29, 1.82) is 5.26 Å². The molecule has 1 saturated heterocycles. The maximum Gasteiger partial charge on any atom is 0.266 e. The Labute approximate surface area is 138 Å². The molecule has 6 nitrogen and oxygen atoms in total. The first kappa shape index (κ1) is 17.3. The van der Waals surface area contributed by atoms with Gasteiger partial charge in [0, 0.05) is 45.3 Å². The quantitative estimate of drug-likeness (QED) is 0.485. The van der Waals surface area contributed by atoms with E-state index in [1.54, 1.807) is 16.0 Å². The Morgan fingerprint density at radius 3 is 2.13 bits per heavy atom. The molecular weight excluding hydrogens is 292 g/mol. The minimum absolute atomic E-state index is 0.0307. The summed E-state index contributed by atoms with van der Waals surface area (Å²) >= 11 is 0. The molecule has 126 valence electrons. The molecule has 0 aromatic rings. The summed E-state index contributed by atoms with van der Waals surface area (Å²) in [5, 5.41) is 12.5. The highest BCUT2D eigenvalue weighted by Gasteiger charge is 2.24. The van der Waals surface area contributed by atoms with Gasteiger partial charge in [0.05, 0.1) is 0 Å². The molecular formula is C17H26N4O2. The molecule has 0 atom stereocenters. The molecule has 0 aromatic heterocycles. The van der Waals surface area contributed by atoms with E-state index in [4.69, 9.17) is 0 Å². The Morgan fingerprint density at radius 1 is 1.04 bits per heavy atom. The molecule has 2 fully saturated rings. The summed E-state index contributed by atoms with van der Waals surface area (Å²) in [4.78, 5) is 27.1. The largest absolute Gasteiger partial charge is 0.387 e. The van der Waals surface area contributed by atoms with Crippen LogP contribution in [-0.2, 0) is 9.59 Å². The van der Waals surface area contributed by atoms with E-state index in [1.165, 1.54) is 32.6 Å². The van der Waals surface area contributed by atoms with Crippen LogP contribution in [0.15, 0.2) is 11.8 Å². The third-order valence-corrected chi connectivity index (χ3v) is 4.68. The van der Waals surface area contributed by atoms with Gasteiger partial charge >= 0.3 is 0 Å². The predicted octanol–water partition coefficient (Wildman–Crippen LogP) is 1.40. The van der Waals surface area contributed by atoms with Gasteiger partial charge in [-0.3, -0.25) is 9.59 Å². The number of piperazine rings is 1. The number of amides is 2. The average molecular weight is 318 g/mol. The maximum absolute atomic E-state index is 12.4. The van der Waals surface area contributed by atoms with Crippen LogP contribution in [0.25, 0.3) is 0 Å². The number of carbonyl (C=O) groups excluding carboxylic acids is 2. The first-order valence-corrected chi connectivity index (χ1v) is 8.53. The fraction of sp³-hybridized carbons (Fsp3) is 0.706. The van der Waals surface area contributed by atoms with Crippen molar-refractivity contribution in [2.24, 2.45) is 0 Å². The van der Waals surface area contributed by atoms with Gasteiger partial charge in [-0.1, -0.05) is 25.7 Å². The van der Waals surface area contributed by atoms with Crippen LogP contribution < -0.4 is 5.32 Å². The molecule has 0 unspecified atom stereocenters. The lowest BCUT2D eigenvalue weighted by Crippen LogP contribution is -2.50. The molecule has 1 aliphatic carbocycles. The zero-order chi connectivity index (χ0) is 16.7. The molecule has 2 rings (SSSR count). The number of carbonyl (C=O) groups is 2. The van der Waals surface area contributed by atoms with Crippen LogP contribution >= 0.6 is 0 Å². The van der Waals surface area contributed by atoms with Gasteiger partial charge in [0.25, 0.3) is 5.91 Å². The predicted molar refractivity (Wildman–Crippen MR) is 87.2 cm³/mol. The SMILES string of the molecule is CC(=O)N1CCN(C(=O)/C(C#N)=C\NC2CCCCCC2)CC1. The van der Waals surface area contributed by atoms with Gasteiger partial charge in [0.2, 0.25) is 5.91 Å². The molecule has 1 saturated carbocycles. The zero-order valence-corrected chi connectivity index (χ0v) is 13.9. The Hall–Kier alpha value is -2.03. The monoisotopic (exact) mass is 318 g/mol. The lowest BCUT2D eigenvalue weighted by atomic mass is 10.1. The highest BCUT2D eigenvalue weighted by Crippen LogP contribution is 2.17. The Balaban J connectivity index is 1.89. The summed E-state index contributed by atoms with van der Waals surface area (Å²) in [6.45, 7) is 3.59. The first-order chi connectivity index (χ1) is 11.1. The second kappa shape index (κ2) is 8.56. The molecule has 0 aromatic carbocycles. The van der Waals surface area contributed by atoms with Gasteiger partial charge in [-0.05, 0) is 12.8 Å². The fourth-order valence-corrected chi connectivity index (χ4v) is 3.18. The molecule has 0 bridgehead atoms. The number of rotatable bonds is 3. The second-order valence-electron chi connectivity index (χ2n) is 6.32. The van der Waals surface area contributed by atoms with Crippen LogP contribution in [0.3, 0.4) is 0 Å². The van der Waals surface area contributed by atoms with Crippen LogP contribution in [-0.4, -0.2) is 53.8 Å². The zero-order valence-electron chi connectivity index (χ0n) is 13.9. The molecule has 0 spiro atoms. The lowest BCUT2D eigenvalue weighted by molar-refractivity contribution is -0.136. The first-order valence-electron chi connectivity index (χ1n) is 8.53. The van der Waals surface area contributed by atoms with Gasteiger partial charge in [-0.15, -0.1) is 0 Å². The van der Waals surface area contributed by atoms with Gasteiger partial charge in [-0.25, -0.2) is 0 Å². The van der Waals surface area contributed by atoms with E-state index in [2.05, 4.69) is 5.32 Å². The third kappa shape index (κ3) is 4.98. The van der Waals surface area contributed by atoms with Gasteiger partial charge in [-0.2, -0.15) is 5.26 Å². The van der Waals surface area contributed by atoms with Gasteiger partial charge in [0.1, 0.15) is 11.6 Å². The Kier molecular flexibility index (Phi) is 6.45. The molecule has 2 amide bonds. The molecule has 1 heterocycles. The van der Waals surface area contributed by atoms with Crippen molar-refractivity contribution in [3.05, 3.63) is 11.8 Å². The summed E-state index contributed by atoms with van der Waals surface area (Å²) in [6.07, 6.45) is 8.73. The van der Waals surface area contributed by atoms with Crippen LogP contribution in [0.4, 0.5) is 0 Å². The van der Waals surface area contributed by atoms with Crippen molar-refractivity contribution in [3.63, 3.8) is 0 Å². The maximum atomic E-state index is 12.4. The summed E-state index contributed by atoms with van der Waals surface area (Å²) < 4.78 is 0. The van der Waals surface area contributed by atoms with Crippen molar-refractivity contribution in [2.45, 2.75) is 51.5 Å². The Bertz CT molecular complexity index is 493. The van der Waals surface area contributed by atoms with E-state index >= 15 is 0 Å². The molecule has 1 aliphatic heterocycles. The smallest absolute Gasteiger partial charge is 0.266 e. The standard InChI is InChI=1S/C17H26N4O2/c1-14(22)20-8-10-21(11-9-20)17(23)15(12-18)13-19-16-6-4-2-3-5-7-16/h13,16,19H,2-11H2,1H3/b15-13-. The summed E-state index contributed by atoms with van der Waals surface area (Å²) in [5.74, 6) is -0.208. The van der Waals surface area contributed by atoms with E-state index in [0.717, 1.165) is 12.8 Å². The summed E-state index contributed by atoms with van der Waals surface area (Å²) in [6, 6.07) is 2.38. The summed E-state index contributed by atoms with van der Waals surface area (Å²) in [7, 11) is 0. The molecule has 6 heteroatoms. The van der Waals surface area contributed by atoms with Crippen molar-refractivity contribution in [2.75, 3.05) is 26.2 Å². The number of hydrogen-bond donors (Lipinski definition) is 1. The molecule has 1 N–H and O–H groups in total. The van der Waals surface area contributed by atoms with Gasteiger partial charge < -0.3 is 15.1 Å². The van der Waals surface area contributed by atoms with E-state index < -0.39 is 0 Å². The third-order valence-electron chi connectivity index (χ3n) is 4.68. The Morgan fingerprint density at radius 2 is 1.61 bits per heavy atom. The summed E-state index contributed by atoms with van der Waals surface area (Å²) in [5.41, 5.74) is 0.158. The minimum atomic E-state index is -0.239. The minimum Gasteiger partial charge on any atom is -0.387 e. The normalized spacial score (nSPS) is 20.6. The van der Waals surface area contributed by atoms with Crippen LogP contribution in [0.5, 0.6) is 0 Å².